The van der Waals surface area contributed by atoms with Crippen molar-refractivity contribution in [3.8, 4) is 0 Å². The Balaban J connectivity index is 2.83. The number of aliphatic hydroxyl groups excluding tert-OH is 2. The van der Waals surface area contributed by atoms with Gasteiger partial charge in [0.05, 0.1) is 6.10 Å². The van der Waals surface area contributed by atoms with Crippen molar-refractivity contribution in [2.75, 3.05) is 0 Å². The molecule has 1 aliphatic heterocycles. The summed E-state index contributed by atoms with van der Waals surface area (Å²) >= 11 is 0. The predicted octanol–water partition coefficient (Wildman–Crippen LogP) is -1.77. The number of aliphatic carboxylic acids is 1. The molecule has 0 aromatic rings. The Morgan fingerprint density at radius 1 is 1.39 bits per heavy atom. The summed E-state index contributed by atoms with van der Waals surface area (Å²) in [5.41, 5.74) is 7.52. The molecule has 0 spiro atoms. The Kier molecular flexibility index (Phi) is 4.31. The largest absolute Gasteiger partial charge is 0.472 e. The monoisotopic (exact) mass is 257 g/mol. The summed E-state index contributed by atoms with van der Waals surface area (Å²) in [6, 6.07) is -0.566. The molecule has 0 aromatic carbocycles. The zero-order valence-electron chi connectivity index (χ0n) is 9.94. The molecule has 18 heavy (non-hydrogen) atoms. The smallest absolute Gasteiger partial charge is 0.441 e. The van der Waals surface area contributed by atoms with E-state index in [0.29, 0.717) is 0 Å². The summed E-state index contributed by atoms with van der Waals surface area (Å²) in [6.45, 7) is 2.91. The van der Waals surface area contributed by atoms with Gasteiger partial charge in [-0.15, -0.1) is 0 Å². The Labute approximate surface area is 103 Å². The van der Waals surface area contributed by atoms with E-state index in [-0.39, 0.29) is 0 Å². The topological polar surface area (TPSA) is 143 Å². The van der Waals surface area contributed by atoms with E-state index in [2.05, 4.69) is 10.1 Å². The third-order valence-electron chi connectivity index (χ3n) is 3.19. The average Bonchev–Trinajstić information content (AvgIpc) is 2.24. The molecule has 0 amide bonds. The van der Waals surface area contributed by atoms with Crippen LogP contribution in [-0.2, 0) is 9.59 Å². The molecule has 100 valence electrons. The maximum Gasteiger partial charge on any atom is 0.441 e. The van der Waals surface area contributed by atoms with Crippen molar-refractivity contribution in [2.45, 2.75) is 32.2 Å². The quantitative estimate of drug-likeness (QED) is 0.199. The first-order valence-corrected chi connectivity index (χ1v) is 5.43. The molecule has 8 nitrogen and oxygen atoms in total. The average molecular weight is 257 g/mol. The van der Waals surface area contributed by atoms with Gasteiger partial charge in [0.25, 0.3) is 5.78 Å². The van der Waals surface area contributed by atoms with E-state index in [4.69, 9.17) is 10.6 Å². The highest BCUT2D eigenvalue weighted by molar-refractivity contribution is 6.62. The number of aliphatic hydroxyl groups is 2. The van der Waals surface area contributed by atoms with Crippen LogP contribution in [0.5, 0.6) is 0 Å². The lowest BCUT2D eigenvalue weighted by atomic mass is 9.76. The van der Waals surface area contributed by atoms with Crippen LogP contribution in [0.3, 0.4) is 0 Å². The van der Waals surface area contributed by atoms with E-state index in [0.717, 1.165) is 0 Å². The van der Waals surface area contributed by atoms with Crippen molar-refractivity contribution >= 4 is 17.5 Å². The van der Waals surface area contributed by atoms with Crippen LogP contribution in [0, 0.1) is 11.8 Å². The highest BCUT2D eigenvalue weighted by Gasteiger charge is 2.49. The first kappa shape index (κ1) is 14.5. The van der Waals surface area contributed by atoms with Crippen LogP contribution >= 0.6 is 0 Å². The van der Waals surface area contributed by atoms with Crippen LogP contribution in [0.4, 0.5) is 0 Å². The van der Waals surface area contributed by atoms with Crippen molar-refractivity contribution in [2.24, 2.45) is 11.8 Å². The minimum atomic E-state index is -1.62. The van der Waals surface area contributed by atoms with Crippen molar-refractivity contribution in [1.82, 2.24) is 5.32 Å². The van der Waals surface area contributed by atoms with E-state index in [1.807, 2.05) is 0 Å². The minimum Gasteiger partial charge on any atom is -0.472 e. The Hall–Kier alpha value is -1.60. The number of carboxylic acid groups (broad SMARTS) is 1. The number of carboxylic acids is 1. The fraction of sp³-hybridized carbons (Fsp3) is 0.700. The third-order valence-corrected chi connectivity index (χ3v) is 3.19. The van der Waals surface area contributed by atoms with Gasteiger partial charge in [-0.25, -0.2) is 4.79 Å². The lowest BCUT2D eigenvalue weighted by Crippen LogP contribution is -2.68. The van der Waals surface area contributed by atoms with Crippen LogP contribution in [0.2, 0.25) is 0 Å². The highest BCUT2D eigenvalue weighted by Crippen LogP contribution is 2.29. The van der Waals surface area contributed by atoms with Crippen LogP contribution < -0.4 is 5.32 Å². The first-order valence-electron chi connectivity index (χ1n) is 5.43. The molecule has 0 radical (unpaired) electrons. The molecule has 5 atom stereocenters. The second-order valence-electron chi connectivity index (χ2n) is 4.36. The van der Waals surface area contributed by atoms with E-state index in [9.17, 15) is 19.8 Å². The Morgan fingerprint density at radius 3 is 2.28 bits per heavy atom. The number of hydrogen-bond donors (Lipinski definition) is 4. The Morgan fingerprint density at radius 2 is 1.94 bits per heavy atom. The van der Waals surface area contributed by atoms with E-state index in [1.54, 1.807) is 0 Å². The summed E-state index contributed by atoms with van der Waals surface area (Å²) in [4.78, 5) is 24.9. The van der Waals surface area contributed by atoms with Gasteiger partial charge in [0, 0.05) is 17.9 Å². The molecule has 1 fully saturated rings. The number of carbonyl (C=O) groups is 2. The molecule has 1 saturated heterocycles. The molecule has 0 aliphatic carbocycles. The number of carbonyl (C=O) groups excluding carboxylic acids is 1. The van der Waals surface area contributed by atoms with E-state index < -0.39 is 47.7 Å². The normalized spacial score (nSPS) is 29.7. The molecule has 8 heteroatoms. The van der Waals surface area contributed by atoms with Gasteiger partial charge >= 0.3 is 11.7 Å². The maximum atomic E-state index is 11.7. The number of ketones is 1. The number of nitrogens with one attached hydrogen (secondary N) is 1. The van der Waals surface area contributed by atoms with Gasteiger partial charge in [0.1, 0.15) is 6.23 Å². The summed E-state index contributed by atoms with van der Waals surface area (Å²) in [5.74, 6) is -3.89. The van der Waals surface area contributed by atoms with Gasteiger partial charge < -0.3 is 20.9 Å². The molecular formula is C10H15N3O5. The molecule has 1 aliphatic rings. The fourth-order valence-electron chi connectivity index (χ4n) is 2.11. The van der Waals surface area contributed by atoms with Gasteiger partial charge in [-0.2, -0.15) is 4.79 Å². The van der Waals surface area contributed by atoms with Crippen LogP contribution in [0.1, 0.15) is 13.8 Å². The van der Waals surface area contributed by atoms with Crippen molar-refractivity contribution in [3.05, 3.63) is 5.53 Å². The van der Waals surface area contributed by atoms with Crippen LogP contribution in [0.25, 0.3) is 5.53 Å². The summed E-state index contributed by atoms with van der Waals surface area (Å²) in [7, 11) is 0. The third kappa shape index (κ3) is 2.46. The molecule has 1 rings (SSSR count). The number of rotatable bonds is 5. The first-order chi connectivity index (χ1) is 8.31. The summed E-state index contributed by atoms with van der Waals surface area (Å²) < 4.78 is 0. The lowest BCUT2D eigenvalue weighted by molar-refractivity contribution is -0.141. The van der Waals surface area contributed by atoms with Crippen molar-refractivity contribution in [3.63, 3.8) is 0 Å². The van der Waals surface area contributed by atoms with Gasteiger partial charge in [-0.1, -0.05) is 6.92 Å². The molecule has 0 aromatic heterocycles. The molecule has 1 heterocycles. The number of nitrogens with zero attached hydrogens (tertiary/aromatic N) is 2. The zero-order valence-corrected chi connectivity index (χ0v) is 9.94. The lowest BCUT2D eigenvalue weighted by Gasteiger charge is -2.46. The van der Waals surface area contributed by atoms with Crippen LogP contribution in [0.15, 0.2) is 0 Å². The molecule has 5 unspecified atom stereocenters. The zero-order chi connectivity index (χ0) is 14.0. The van der Waals surface area contributed by atoms with Gasteiger partial charge in [0.15, 0.2) is 0 Å². The van der Waals surface area contributed by atoms with Gasteiger partial charge in [0.2, 0.25) is 0 Å². The molecule has 0 saturated carbocycles. The predicted molar refractivity (Wildman–Crippen MR) is 58.5 cm³/mol. The van der Waals surface area contributed by atoms with Crippen molar-refractivity contribution in [1.29, 1.82) is 0 Å². The highest BCUT2D eigenvalue weighted by atomic mass is 16.4. The fourth-order valence-corrected chi connectivity index (χ4v) is 2.11. The minimum absolute atomic E-state index is 0.566. The second-order valence-corrected chi connectivity index (χ2v) is 4.36. The summed E-state index contributed by atoms with van der Waals surface area (Å²) in [5, 5.41) is 30.1. The molecule has 4 N–H and O–H groups in total. The molecule has 0 bridgehead atoms. The summed E-state index contributed by atoms with van der Waals surface area (Å²) in [6.07, 6.45) is -1.79. The van der Waals surface area contributed by atoms with Gasteiger partial charge in [-0.05, 0) is 6.92 Å². The standard InChI is InChI=1S/C10H15N3O5/c1-3(8(15)7(13-11)10(17)18)6-5(4(2)14)9(16)12-6/h3-6,9,12,14,16H,1-2H3,(H,17,18). The SMILES string of the molecule is CC(O)C1C(O)NC1C(C)C(=O)C(=[N+]=[N-])C(=O)O. The van der Waals surface area contributed by atoms with Crippen molar-refractivity contribution < 1.29 is 29.7 Å². The molecular weight excluding hydrogens is 242 g/mol. The van der Waals surface area contributed by atoms with E-state index in [1.165, 1.54) is 13.8 Å². The van der Waals surface area contributed by atoms with Gasteiger partial charge in [-0.3, -0.25) is 10.1 Å². The second kappa shape index (κ2) is 5.36. The maximum absolute atomic E-state index is 11.7. The number of hydrogen-bond acceptors (Lipinski definition) is 5. The van der Waals surface area contributed by atoms with Crippen LogP contribution in [-0.4, -0.2) is 55.9 Å². The Bertz CT molecular complexity index is 411. The number of Topliss-reactive ketones (excluding diaryl/α,β-unsaturated/α-hetero) is 1. The van der Waals surface area contributed by atoms with E-state index >= 15 is 0 Å².